The molecule has 1 fully saturated rings. The smallest absolute Gasteiger partial charge is 0.157 e. The highest BCUT2D eigenvalue weighted by Crippen LogP contribution is 2.38. The standard InChI is InChI=1S/C29H37FN6/c1-5-8-24-18-29-34(4)16-14-31-20(2)10-11-22-12-13-23(30)17-25(22)21(3)35-15-7-6-9-27(35)26-19-28(32-24)36(29)33-26/h12-13,17-19,27,31H,2-3,5-11,14-16H2,1,4H3. The molecule has 4 heterocycles. The van der Waals surface area contributed by atoms with Crippen molar-refractivity contribution in [3.8, 4) is 0 Å². The van der Waals surface area contributed by atoms with Gasteiger partial charge in [0.25, 0.3) is 0 Å². The van der Waals surface area contributed by atoms with Gasteiger partial charge in [0, 0.05) is 61.5 Å². The molecule has 2 aliphatic rings. The summed E-state index contributed by atoms with van der Waals surface area (Å²) in [5.41, 5.74) is 6.80. The van der Waals surface area contributed by atoms with Crippen LogP contribution in [0.15, 0.2) is 49.2 Å². The van der Waals surface area contributed by atoms with Crippen molar-refractivity contribution in [1.82, 2.24) is 24.8 Å². The van der Waals surface area contributed by atoms with Gasteiger partial charge in [0.1, 0.15) is 11.6 Å². The maximum atomic E-state index is 14.4. The van der Waals surface area contributed by atoms with Gasteiger partial charge >= 0.3 is 0 Å². The zero-order valence-corrected chi connectivity index (χ0v) is 21.6. The van der Waals surface area contributed by atoms with Crippen LogP contribution in [0.5, 0.6) is 0 Å². The predicted molar refractivity (Wildman–Crippen MR) is 144 cm³/mol. The number of likely N-dealkylation sites (N-methyl/N-ethyl adjacent to an activating group) is 1. The van der Waals surface area contributed by atoms with Crippen LogP contribution in [-0.4, -0.2) is 46.2 Å². The maximum absolute atomic E-state index is 14.4. The predicted octanol–water partition coefficient (Wildman–Crippen LogP) is 5.50. The zero-order valence-electron chi connectivity index (χ0n) is 21.6. The first kappa shape index (κ1) is 24.3. The van der Waals surface area contributed by atoms with Crippen LogP contribution in [0.3, 0.4) is 0 Å². The van der Waals surface area contributed by atoms with Gasteiger partial charge in [0.15, 0.2) is 5.65 Å². The molecule has 0 spiro atoms. The summed E-state index contributed by atoms with van der Waals surface area (Å²) in [6.45, 7) is 13.4. The second-order valence-corrected chi connectivity index (χ2v) is 10.1. The van der Waals surface area contributed by atoms with Gasteiger partial charge in [-0.25, -0.2) is 9.37 Å². The minimum Gasteiger partial charge on any atom is -0.387 e. The molecule has 2 aliphatic heterocycles. The number of aromatic nitrogens is 3. The number of halogens is 1. The second-order valence-electron chi connectivity index (χ2n) is 10.1. The monoisotopic (exact) mass is 488 g/mol. The van der Waals surface area contributed by atoms with Gasteiger partial charge in [0.2, 0.25) is 0 Å². The number of hydrogen-bond acceptors (Lipinski definition) is 5. The van der Waals surface area contributed by atoms with Crippen LogP contribution in [0.4, 0.5) is 10.2 Å². The fourth-order valence-electron chi connectivity index (χ4n) is 5.49. The van der Waals surface area contributed by atoms with E-state index in [0.29, 0.717) is 0 Å². The maximum Gasteiger partial charge on any atom is 0.157 e. The minimum absolute atomic E-state index is 0.0846. The third-order valence-electron chi connectivity index (χ3n) is 7.47. The van der Waals surface area contributed by atoms with Crippen molar-refractivity contribution in [1.29, 1.82) is 0 Å². The molecule has 0 aliphatic carbocycles. The number of nitrogens with zero attached hydrogens (tertiary/aromatic N) is 5. The molecule has 1 unspecified atom stereocenters. The van der Waals surface area contributed by atoms with E-state index in [4.69, 9.17) is 10.1 Å². The van der Waals surface area contributed by atoms with Gasteiger partial charge in [-0.2, -0.15) is 9.61 Å². The van der Waals surface area contributed by atoms with Crippen molar-refractivity contribution >= 4 is 17.2 Å². The zero-order chi connectivity index (χ0) is 25.2. The number of rotatable bonds is 2. The number of fused-ring (bicyclic) bond motifs is 4. The molecular formula is C29H37FN6. The first-order valence-electron chi connectivity index (χ1n) is 13.2. The highest BCUT2D eigenvalue weighted by atomic mass is 19.1. The number of allylic oxidation sites excluding steroid dienone is 1. The van der Waals surface area contributed by atoms with Crippen molar-refractivity contribution in [2.75, 3.05) is 31.6 Å². The summed E-state index contributed by atoms with van der Waals surface area (Å²) >= 11 is 0. The topological polar surface area (TPSA) is 48.7 Å². The Morgan fingerprint density at radius 2 is 1.97 bits per heavy atom. The highest BCUT2D eigenvalue weighted by Gasteiger charge is 2.29. The Kier molecular flexibility index (Phi) is 6.99. The molecule has 0 radical (unpaired) electrons. The minimum atomic E-state index is -0.233. The Morgan fingerprint density at radius 3 is 2.81 bits per heavy atom. The van der Waals surface area contributed by atoms with E-state index in [1.807, 2.05) is 10.6 Å². The molecule has 6 nitrogen and oxygen atoms in total. The van der Waals surface area contributed by atoms with E-state index in [-0.39, 0.29) is 11.9 Å². The number of nitrogens with one attached hydrogen (secondary N) is 1. The van der Waals surface area contributed by atoms with E-state index in [2.05, 4.69) is 54.4 Å². The molecule has 1 saturated heterocycles. The van der Waals surface area contributed by atoms with Crippen molar-refractivity contribution in [2.45, 2.75) is 57.9 Å². The molecule has 0 saturated carbocycles. The van der Waals surface area contributed by atoms with Crippen molar-refractivity contribution in [2.24, 2.45) is 0 Å². The Bertz CT molecular complexity index is 1280. The Labute approximate surface area is 213 Å². The Hall–Kier alpha value is -3.35. The molecule has 2 bridgehead atoms. The average molecular weight is 489 g/mol. The Morgan fingerprint density at radius 1 is 1.11 bits per heavy atom. The number of aryl methyl sites for hydroxylation is 2. The molecule has 1 atom stereocenters. The summed E-state index contributed by atoms with van der Waals surface area (Å²) in [4.78, 5) is 9.52. The summed E-state index contributed by atoms with van der Waals surface area (Å²) < 4.78 is 16.4. The average Bonchev–Trinajstić information content (AvgIpc) is 3.30. The van der Waals surface area contributed by atoms with Crippen LogP contribution in [0.1, 0.15) is 67.6 Å². The van der Waals surface area contributed by atoms with Crippen molar-refractivity contribution in [3.63, 3.8) is 0 Å². The lowest BCUT2D eigenvalue weighted by Crippen LogP contribution is -2.33. The molecule has 7 heteroatoms. The summed E-state index contributed by atoms with van der Waals surface area (Å²) in [5.74, 6) is 0.811. The summed E-state index contributed by atoms with van der Waals surface area (Å²) in [6, 6.07) is 9.47. The normalized spacial score (nSPS) is 19.4. The van der Waals surface area contributed by atoms with Gasteiger partial charge in [-0.15, -0.1) is 0 Å². The van der Waals surface area contributed by atoms with E-state index in [9.17, 15) is 4.39 Å². The fourth-order valence-corrected chi connectivity index (χ4v) is 5.49. The van der Waals surface area contributed by atoms with Crippen LogP contribution in [0.2, 0.25) is 0 Å². The van der Waals surface area contributed by atoms with Crippen LogP contribution in [0.25, 0.3) is 11.3 Å². The van der Waals surface area contributed by atoms with Crippen LogP contribution in [-0.2, 0) is 12.8 Å². The van der Waals surface area contributed by atoms with Crippen LogP contribution >= 0.6 is 0 Å². The fraction of sp³-hybridized carbons (Fsp3) is 0.448. The lowest BCUT2D eigenvalue weighted by atomic mass is 9.94. The molecular weight excluding hydrogens is 451 g/mol. The first-order chi connectivity index (χ1) is 17.4. The van der Waals surface area contributed by atoms with Gasteiger partial charge in [-0.3, -0.25) is 0 Å². The second kappa shape index (κ2) is 10.3. The molecule has 36 heavy (non-hydrogen) atoms. The van der Waals surface area contributed by atoms with Gasteiger partial charge in [0.05, 0.1) is 11.7 Å². The number of hydrogen-bond donors (Lipinski definition) is 1. The molecule has 0 amide bonds. The number of benzene rings is 1. The van der Waals surface area contributed by atoms with Gasteiger partial charge in [-0.05, 0) is 56.2 Å². The summed E-state index contributed by atoms with van der Waals surface area (Å²) in [6.07, 6.45) is 6.75. The van der Waals surface area contributed by atoms with Crippen molar-refractivity contribution < 1.29 is 4.39 Å². The number of piperidine rings is 1. The third-order valence-corrected chi connectivity index (χ3v) is 7.47. The lowest BCUT2D eigenvalue weighted by molar-refractivity contribution is 0.226. The van der Waals surface area contributed by atoms with Gasteiger partial charge in [-0.1, -0.05) is 32.6 Å². The molecule has 2 aromatic heterocycles. The van der Waals surface area contributed by atoms with Crippen LogP contribution < -0.4 is 10.2 Å². The SMILES string of the molecule is C=C1CCc2ccc(F)cc2C(=C)N2CCCCC2c2cc3nc(CCC)cc(n3n2)N(C)CCN1. The van der Waals surface area contributed by atoms with E-state index in [1.54, 1.807) is 12.1 Å². The van der Waals surface area contributed by atoms with Gasteiger partial charge < -0.3 is 15.1 Å². The first-order valence-corrected chi connectivity index (χ1v) is 13.2. The molecule has 5 rings (SSSR count). The van der Waals surface area contributed by atoms with E-state index >= 15 is 0 Å². The van der Waals surface area contributed by atoms with Crippen molar-refractivity contribution in [3.05, 3.63) is 77.5 Å². The lowest BCUT2D eigenvalue weighted by Gasteiger charge is -2.38. The summed E-state index contributed by atoms with van der Waals surface area (Å²) in [7, 11) is 2.11. The molecule has 3 aromatic rings. The van der Waals surface area contributed by atoms with E-state index in [1.165, 1.54) is 0 Å². The molecule has 1 aromatic carbocycles. The van der Waals surface area contributed by atoms with Crippen LogP contribution in [0, 0.1) is 5.82 Å². The third kappa shape index (κ3) is 4.84. The highest BCUT2D eigenvalue weighted by molar-refractivity contribution is 5.66. The number of anilines is 1. The Balaban J connectivity index is 1.63. The van der Waals surface area contributed by atoms with E-state index < -0.39 is 0 Å². The molecule has 190 valence electrons. The van der Waals surface area contributed by atoms with E-state index in [0.717, 1.165) is 110 Å². The quantitative estimate of drug-likeness (QED) is 0.516. The molecule has 1 N–H and O–H groups in total. The summed E-state index contributed by atoms with van der Waals surface area (Å²) in [5, 5.41) is 8.58. The largest absolute Gasteiger partial charge is 0.387 e.